The molecule has 0 saturated heterocycles. The molecule has 0 aromatic heterocycles. The van der Waals surface area contributed by atoms with Gasteiger partial charge in [-0.2, -0.15) is 0 Å². The third kappa shape index (κ3) is 4.48. The Kier molecular flexibility index (Phi) is 5.28. The van der Waals surface area contributed by atoms with E-state index in [4.69, 9.17) is 0 Å². The summed E-state index contributed by atoms with van der Waals surface area (Å²) in [7, 11) is 0. The normalized spacial score (nSPS) is 19.4. The zero-order valence-corrected chi connectivity index (χ0v) is 9.98. The molecule has 1 saturated carbocycles. The predicted molar refractivity (Wildman–Crippen MR) is 63.6 cm³/mol. The summed E-state index contributed by atoms with van der Waals surface area (Å²) in [6, 6.07) is 0. The van der Waals surface area contributed by atoms with E-state index in [1.165, 1.54) is 54.9 Å². The minimum Gasteiger partial charge on any atom is -0.0897 e. The van der Waals surface area contributed by atoms with Crippen LogP contribution in [0.15, 0.2) is 10.2 Å². The summed E-state index contributed by atoms with van der Waals surface area (Å²) in [6.45, 7) is 3.92. The summed E-state index contributed by atoms with van der Waals surface area (Å²) in [5.74, 6) is 1.05. The molecule has 1 rings (SSSR count). The van der Waals surface area contributed by atoms with Gasteiger partial charge in [0.25, 0.3) is 0 Å². The van der Waals surface area contributed by atoms with E-state index in [9.17, 15) is 0 Å². The number of halogens is 1. The van der Waals surface area contributed by atoms with Crippen LogP contribution in [0.2, 0.25) is 0 Å². The second-order valence-corrected chi connectivity index (χ2v) is 5.44. The molecule has 0 bridgehead atoms. The maximum absolute atomic E-state index is 3.92. The monoisotopic (exact) mass is 278 g/mol. The summed E-state index contributed by atoms with van der Waals surface area (Å²) in [5.41, 5.74) is 0. The van der Waals surface area contributed by atoms with E-state index in [-0.39, 0.29) is 0 Å². The Morgan fingerprint density at radius 2 is 1.92 bits per heavy atom. The van der Waals surface area contributed by atoms with Gasteiger partial charge >= 0.3 is 0 Å². The molecule has 70 valence electrons. The zero-order chi connectivity index (χ0) is 8.81. The van der Waals surface area contributed by atoms with Crippen LogP contribution in [-0.4, -0.2) is 0 Å². The van der Waals surface area contributed by atoms with E-state index in [1.54, 1.807) is 0 Å². The Bertz CT molecular complexity index is 134. The Hall–Kier alpha value is 0.470. The second kappa shape index (κ2) is 6.01. The molecular weight excluding hydrogens is 259 g/mol. The Morgan fingerprint density at radius 1 is 1.25 bits per heavy atom. The molecule has 1 heteroatoms. The molecule has 1 fully saturated rings. The summed E-state index contributed by atoms with van der Waals surface area (Å²) >= 11 is 2.34. The van der Waals surface area contributed by atoms with Crippen molar-refractivity contribution in [1.82, 2.24) is 0 Å². The molecule has 0 atom stereocenters. The number of rotatable bonds is 4. The lowest BCUT2D eigenvalue weighted by Gasteiger charge is -2.21. The highest BCUT2D eigenvalue weighted by Gasteiger charge is 2.12. The van der Waals surface area contributed by atoms with Crippen LogP contribution in [0.3, 0.4) is 0 Å². The first-order valence-electron chi connectivity index (χ1n) is 5.12. The van der Waals surface area contributed by atoms with Gasteiger partial charge in [-0.25, -0.2) is 0 Å². The fourth-order valence-electron chi connectivity index (χ4n) is 2.06. The topological polar surface area (TPSA) is 0 Å². The largest absolute Gasteiger partial charge is 0.0897 e. The molecular formula is C11H19I. The van der Waals surface area contributed by atoms with Crippen molar-refractivity contribution in [2.24, 2.45) is 5.92 Å². The molecule has 0 heterocycles. The standard InChI is InChI=1S/C11H19I/c1-10(12)6-5-9-11-7-3-2-4-8-11/h11H,1-9H2. The van der Waals surface area contributed by atoms with Gasteiger partial charge in [0, 0.05) is 0 Å². The lowest BCUT2D eigenvalue weighted by Crippen LogP contribution is -2.05. The van der Waals surface area contributed by atoms with Gasteiger partial charge in [0.1, 0.15) is 0 Å². The summed E-state index contributed by atoms with van der Waals surface area (Å²) in [5, 5.41) is 0. The van der Waals surface area contributed by atoms with Gasteiger partial charge in [-0.15, -0.1) is 0 Å². The lowest BCUT2D eigenvalue weighted by molar-refractivity contribution is 0.333. The Balaban J connectivity index is 2.01. The lowest BCUT2D eigenvalue weighted by atomic mass is 9.86. The van der Waals surface area contributed by atoms with Gasteiger partial charge in [0.2, 0.25) is 0 Å². The Morgan fingerprint density at radius 3 is 2.50 bits per heavy atom. The highest BCUT2D eigenvalue weighted by Crippen LogP contribution is 2.28. The number of hydrogen-bond donors (Lipinski definition) is 0. The SMILES string of the molecule is C=C(I)CCCC1CCCCC1. The fraction of sp³-hybridized carbons (Fsp3) is 0.818. The predicted octanol–water partition coefficient (Wildman–Crippen LogP) is 4.69. The van der Waals surface area contributed by atoms with Crippen molar-refractivity contribution in [2.75, 3.05) is 0 Å². The molecule has 0 aromatic rings. The van der Waals surface area contributed by atoms with Crippen molar-refractivity contribution in [3.05, 3.63) is 10.2 Å². The maximum atomic E-state index is 3.92. The average molecular weight is 278 g/mol. The van der Waals surface area contributed by atoms with Crippen LogP contribution in [0.4, 0.5) is 0 Å². The van der Waals surface area contributed by atoms with Crippen molar-refractivity contribution in [1.29, 1.82) is 0 Å². The minimum atomic E-state index is 1.05. The maximum Gasteiger partial charge on any atom is -0.0166 e. The van der Waals surface area contributed by atoms with Gasteiger partial charge in [0.05, 0.1) is 0 Å². The third-order valence-electron chi connectivity index (χ3n) is 2.79. The summed E-state index contributed by atoms with van der Waals surface area (Å²) in [6.07, 6.45) is 11.5. The molecule has 0 N–H and O–H groups in total. The molecule has 0 aromatic carbocycles. The second-order valence-electron chi connectivity index (χ2n) is 3.91. The molecule has 0 aliphatic heterocycles. The minimum absolute atomic E-state index is 1.05. The smallest absolute Gasteiger partial charge is 0.0166 e. The highest BCUT2D eigenvalue weighted by molar-refractivity contribution is 14.1. The molecule has 0 nitrogen and oxygen atoms in total. The summed E-state index contributed by atoms with van der Waals surface area (Å²) in [4.78, 5) is 0. The quantitative estimate of drug-likeness (QED) is 0.655. The van der Waals surface area contributed by atoms with Crippen molar-refractivity contribution in [3.63, 3.8) is 0 Å². The molecule has 12 heavy (non-hydrogen) atoms. The highest BCUT2D eigenvalue weighted by atomic mass is 127. The van der Waals surface area contributed by atoms with Crippen LogP contribution in [0.25, 0.3) is 0 Å². The van der Waals surface area contributed by atoms with Crippen LogP contribution >= 0.6 is 22.6 Å². The van der Waals surface area contributed by atoms with Crippen molar-refractivity contribution >= 4 is 22.6 Å². The third-order valence-corrected chi connectivity index (χ3v) is 3.32. The van der Waals surface area contributed by atoms with Gasteiger partial charge in [-0.1, -0.05) is 45.1 Å². The first-order chi connectivity index (χ1) is 5.79. The molecule has 0 amide bonds. The first-order valence-corrected chi connectivity index (χ1v) is 6.20. The van der Waals surface area contributed by atoms with Crippen molar-refractivity contribution < 1.29 is 0 Å². The van der Waals surface area contributed by atoms with E-state index in [1.807, 2.05) is 0 Å². The first kappa shape index (κ1) is 10.6. The number of hydrogen-bond acceptors (Lipinski definition) is 0. The van der Waals surface area contributed by atoms with E-state index in [0.29, 0.717) is 0 Å². The molecule has 0 radical (unpaired) electrons. The van der Waals surface area contributed by atoms with Crippen LogP contribution in [0.1, 0.15) is 51.4 Å². The van der Waals surface area contributed by atoms with Crippen LogP contribution in [0, 0.1) is 5.92 Å². The van der Waals surface area contributed by atoms with E-state index in [0.717, 1.165) is 5.92 Å². The van der Waals surface area contributed by atoms with E-state index >= 15 is 0 Å². The van der Waals surface area contributed by atoms with Crippen molar-refractivity contribution in [2.45, 2.75) is 51.4 Å². The van der Waals surface area contributed by atoms with Gasteiger partial charge in [-0.05, 0) is 44.9 Å². The van der Waals surface area contributed by atoms with E-state index in [2.05, 4.69) is 29.2 Å². The van der Waals surface area contributed by atoms with Crippen LogP contribution in [-0.2, 0) is 0 Å². The molecule has 0 spiro atoms. The van der Waals surface area contributed by atoms with Gasteiger partial charge < -0.3 is 0 Å². The molecule has 1 aliphatic rings. The molecule has 0 unspecified atom stereocenters. The fourth-order valence-corrected chi connectivity index (χ4v) is 2.44. The van der Waals surface area contributed by atoms with E-state index < -0.39 is 0 Å². The number of allylic oxidation sites excluding steroid dienone is 1. The van der Waals surface area contributed by atoms with Gasteiger partial charge in [0.15, 0.2) is 0 Å². The average Bonchev–Trinajstić information content (AvgIpc) is 2.05. The summed E-state index contributed by atoms with van der Waals surface area (Å²) < 4.78 is 1.32. The van der Waals surface area contributed by atoms with Crippen LogP contribution in [0.5, 0.6) is 0 Å². The van der Waals surface area contributed by atoms with Gasteiger partial charge in [-0.3, -0.25) is 0 Å². The zero-order valence-electron chi connectivity index (χ0n) is 7.82. The molecule has 1 aliphatic carbocycles. The van der Waals surface area contributed by atoms with Crippen molar-refractivity contribution in [3.8, 4) is 0 Å². The Labute approximate surface area is 90.0 Å². The van der Waals surface area contributed by atoms with Crippen LogP contribution < -0.4 is 0 Å².